The van der Waals surface area contributed by atoms with Crippen LogP contribution in [0.5, 0.6) is 0 Å². The monoisotopic (exact) mass is 272 g/mol. The molecule has 0 bridgehead atoms. The van der Waals surface area contributed by atoms with Gasteiger partial charge in [-0.05, 0) is 45.2 Å². The second-order valence-corrected chi connectivity index (χ2v) is 5.74. The van der Waals surface area contributed by atoms with Crippen LogP contribution >= 0.6 is 0 Å². The van der Waals surface area contributed by atoms with Crippen LogP contribution in [0.1, 0.15) is 46.0 Å². The summed E-state index contributed by atoms with van der Waals surface area (Å²) in [6.45, 7) is 8.58. The topological polar surface area (TPSA) is 44.7 Å². The molecule has 0 heterocycles. The van der Waals surface area contributed by atoms with E-state index < -0.39 is 0 Å². The first-order valence-corrected chi connectivity index (χ1v) is 7.79. The quantitative estimate of drug-likeness (QED) is 0.567. The molecule has 1 rings (SSSR count). The standard InChI is InChI=1S/C15H32N2O2/c1-4-15(13-18,16-14-7-8-14)9-6-10-17(5-2)11-12-19-3/h14,16,18H,4-13H2,1-3H3. The van der Waals surface area contributed by atoms with Crippen LogP contribution in [0, 0.1) is 0 Å². The van der Waals surface area contributed by atoms with Crippen molar-refractivity contribution in [2.45, 2.75) is 57.5 Å². The largest absolute Gasteiger partial charge is 0.394 e. The molecule has 0 radical (unpaired) electrons. The second-order valence-electron chi connectivity index (χ2n) is 5.74. The maximum Gasteiger partial charge on any atom is 0.0613 e. The highest BCUT2D eigenvalue weighted by molar-refractivity contribution is 4.94. The zero-order chi connectivity index (χ0) is 14.1. The smallest absolute Gasteiger partial charge is 0.0613 e. The van der Waals surface area contributed by atoms with Gasteiger partial charge in [0.15, 0.2) is 0 Å². The number of hydrogen-bond donors (Lipinski definition) is 2. The van der Waals surface area contributed by atoms with Gasteiger partial charge in [0.2, 0.25) is 0 Å². The fraction of sp³-hybridized carbons (Fsp3) is 1.00. The number of likely N-dealkylation sites (N-methyl/N-ethyl adjacent to an activating group) is 1. The third-order valence-electron chi connectivity index (χ3n) is 4.26. The summed E-state index contributed by atoms with van der Waals surface area (Å²) in [5.74, 6) is 0. The van der Waals surface area contributed by atoms with Gasteiger partial charge in [0.25, 0.3) is 0 Å². The van der Waals surface area contributed by atoms with E-state index in [0.29, 0.717) is 6.04 Å². The number of ether oxygens (including phenoxy) is 1. The lowest BCUT2D eigenvalue weighted by molar-refractivity contribution is 0.126. The van der Waals surface area contributed by atoms with E-state index in [1.165, 1.54) is 12.8 Å². The lowest BCUT2D eigenvalue weighted by atomic mass is 9.91. The zero-order valence-electron chi connectivity index (χ0n) is 13.0. The minimum atomic E-state index is -0.0537. The van der Waals surface area contributed by atoms with E-state index in [1.54, 1.807) is 7.11 Å². The zero-order valence-corrected chi connectivity index (χ0v) is 13.0. The summed E-state index contributed by atoms with van der Waals surface area (Å²) in [7, 11) is 1.75. The molecular formula is C15H32N2O2. The molecule has 0 saturated heterocycles. The molecule has 0 amide bonds. The van der Waals surface area contributed by atoms with Crippen molar-refractivity contribution in [1.29, 1.82) is 0 Å². The van der Waals surface area contributed by atoms with Crippen LogP contribution < -0.4 is 5.32 Å². The number of methoxy groups -OCH3 is 1. The van der Waals surface area contributed by atoms with Gasteiger partial charge < -0.3 is 20.1 Å². The van der Waals surface area contributed by atoms with Gasteiger partial charge in [-0.2, -0.15) is 0 Å². The number of aliphatic hydroxyl groups excluding tert-OH is 1. The normalized spacial score (nSPS) is 18.8. The van der Waals surface area contributed by atoms with Crippen molar-refractivity contribution in [2.75, 3.05) is 40.0 Å². The summed E-state index contributed by atoms with van der Waals surface area (Å²) in [6.07, 6.45) is 5.74. The Morgan fingerprint density at radius 1 is 1.32 bits per heavy atom. The summed E-state index contributed by atoms with van der Waals surface area (Å²) in [4.78, 5) is 2.42. The van der Waals surface area contributed by atoms with Crippen molar-refractivity contribution in [3.8, 4) is 0 Å². The van der Waals surface area contributed by atoms with Crippen molar-refractivity contribution in [2.24, 2.45) is 0 Å². The predicted molar refractivity (Wildman–Crippen MR) is 79.5 cm³/mol. The number of rotatable bonds is 12. The molecule has 0 aromatic heterocycles. The van der Waals surface area contributed by atoms with Crippen LogP contribution in [0.2, 0.25) is 0 Å². The van der Waals surface area contributed by atoms with Crippen molar-refractivity contribution in [1.82, 2.24) is 10.2 Å². The number of hydrogen-bond acceptors (Lipinski definition) is 4. The Labute approximate surface area is 118 Å². The van der Waals surface area contributed by atoms with Crippen molar-refractivity contribution in [3.63, 3.8) is 0 Å². The highest BCUT2D eigenvalue weighted by Crippen LogP contribution is 2.26. The molecule has 1 saturated carbocycles. The molecule has 1 fully saturated rings. The van der Waals surface area contributed by atoms with E-state index in [9.17, 15) is 5.11 Å². The van der Waals surface area contributed by atoms with E-state index in [0.717, 1.165) is 45.5 Å². The Balaban J connectivity index is 2.29. The van der Waals surface area contributed by atoms with Gasteiger partial charge in [-0.1, -0.05) is 13.8 Å². The fourth-order valence-electron chi connectivity index (χ4n) is 2.54. The molecular weight excluding hydrogens is 240 g/mol. The molecule has 0 spiro atoms. The molecule has 1 unspecified atom stereocenters. The highest BCUT2D eigenvalue weighted by Gasteiger charge is 2.33. The molecule has 0 aromatic carbocycles. The van der Waals surface area contributed by atoms with Crippen molar-refractivity contribution < 1.29 is 9.84 Å². The third-order valence-corrected chi connectivity index (χ3v) is 4.26. The SMILES string of the molecule is CCN(CCCC(CC)(CO)NC1CC1)CCOC. The molecule has 1 aliphatic carbocycles. The Hall–Kier alpha value is -0.160. The first-order chi connectivity index (χ1) is 9.19. The maximum atomic E-state index is 9.72. The molecule has 1 atom stereocenters. The van der Waals surface area contributed by atoms with E-state index >= 15 is 0 Å². The highest BCUT2D eigenvalue weighted by atomic mass is 16.5. The predicted octanol–water partition coefficient (Wildman–Crippen LogP) is 1.63. The van der Waals surface area contributed by atoms with Crippen LogP contribution in [0.25, 0.3) is 0 Å². The molecule has 0 aromatic rings. The third kappa shape index (κ3) is 6.21. The summed E-state index contributed by atoms with van der Waals surface area (Å²) < 4.78 is 5.13. The average molecular weight is 272 g/mol. The van der Waals surface area contributed by atoms with Gasteiger partial charge in [-0.25, -0.2) is 0 Å². The lowest BCUT2D eigenvalue weighted by Gasteiger charge is -2.33. The molecule has 4 nitrogen and oxygen atoms in total. The number of aliphatic hydroxyl groups is 1. The minimum absolute atomic E-state index is 0.0537. The average Bonchev–Trinajstić information content (AvgIpc) is 3.25. The Morgan fingerprint density at radius 3 is 2.53 bits per heavy atom. The van der Waals surface area contributed by atoms with Gasteiger partial charge >= 0.3 is 0 Å². The summed E-state index contributed by atoms with van der Waals surface area (Å²) in [5.41, 5.74) is -0.0537. The minimum Gasteiger partial charge on any atom is -0.394 e. The van der Waals surface area contributed by atoms with E-state index in [4.69, 9.17) is 4.74 Å². The van der Waals surface area contributed by atoms with Gasteiger partial charge in [0, 0.05) is 25.2 Å². The van der Waals surface area contributed by atoms with Crippen LogP contribution in [0.3, 0.4) is 0 Å². The summed E-state index contributed by atoms with van der Waals surface area (Å²) >= 11 is 0. The van der Waals surface area contributed by atoms with Crippen molar-refractivity contribution in [3.05, 3.63) is 0 Å². The van der Waals surface area contributed by atoms with E-state index in [2.05, 4.69) is 24.1 Å². The molecule has 4 heteroatoms. The molecule has 1 aliphatic rings. The van der Waals surface area contributed by atoms with E-state index in [1.807, 2.05) is 0 Å². The van der Waals surface area contributed by atoms with Gasteiger partial charge in [-0.15, -0.1) is 0 Å². The van der Waals surface area contributed by atoms with Gasteiger partial charge in [0.05, 0.1) is 13.2 Å². The molecule has 2 N–H and O–H groups in total. The summed E-state index contributed by atoms with van der Waals surface area (Å²) in [5, 5.41) is 13.4. The van der Waals surface area contributed by atoms with Crippen LogP contribution in [-0.4, -0.2) is 61.5 Å². The van der Waals surface area contributed by atoms with Crippen LogP contribution in [0.4, 0.5) is 0 Å². The second kappa shape index (κ2) is 8.90. The van der Waals surface area contributed by atoms with E-state index in [-0.39, 0.29) is 12.1 Å². The Bertz CT molecular complexity index is 228. The number of nitrogens with one attached hydrogen (secondary N) is 1. The first-order valence-electron chi connectivity index (χ1n) is 7.79. The van der Waals surface area contributed by atoms with Crippen molar-refractivity contribution >= 4 is 0 Å². The number of nitrogens with zero attached hydrogens (tertiary/aromatic N) is 1. The molecule has 114 valence electrons. The molecule has 0 aliphatic heterocycles. The van der Waals surface area contributed by atoms with Gasteiger partial charge in [0.1, 0.15) is 0 Å². The fourth-order valence-corrected chi connectivity index (χ4v) is 2.54. The first kappa shape index (κ1) is 16.9. The van der Waals surface area contributed by atoms with Crippen LogP contribution in [-0.2, 0) is 4.74 Å². The lowest BCUT2D eigenvalue weighted by Crippen LogP contribution is -2.49. The van der Waals surface area contributed by atoms with Gasteiger partial charge in [-0.3, -0.25) is 0 Å². The maximum absolute atomic E-state index is 9.72. The Morgan fingerprint density at radius 2 is 2.05 bits per heavy atom. The molecule has 19 heavy (non-hydrogen) atoms. The summed E-state index contributed by atoms with van der Waals surface area (Å²) in [6, 6.07) is 0.655. The Kier molecular flexibility index (Phi) is 7.91. The van der Waals surface area contributed by atoms with Crippen LogP contribution in [0.15, 0.2) is 0 Å².